The van der Waals surface area contributed by atoms with Crippen molar-refractivity contribution in [3.05, 3.63) is 52.6 Å². The Hall–Kier alpha value is -2.31. The van der Waals surface area contributed by atoms with Crippen molar-refractivity contribution in [2.75, 3.05) is 20.3 Å². The van der Waals surface area contributed by atoms with Crippen molar-refractivity contribution < 1.29 is 19.0 Å². The van der Waals surface area contributed by atoms with E-state index in [1.165, 1.54) is 13.2 Å². The lowest BCUT2D eigenvalue weighted by atomic mass is 10.0. The van der Waals surface area contributed by atoms with Crippen molar-refractivity contribution in [1.82, 2.24) is 9.97 Å². The molecule has 0 saturated heterocycles. The molecule has 2 N–H and O–H groups in total. The third kappa shape index (κ3) is 3.29. The molecular weight excluding hydrogens is 335 g/mol. The summed E-state index contributed by atoms with van der Waals surface area (Å²) < 4.78 is 24.9. The number of nitrogens with zero attached hydrogens (tertiary/aromatic N) is 1. The summed E-state index contributed by atoms with van der Waals surface area (Å²) in [4.78, 5) is 7.24. The highest BCUT2D eigenvalue weighted by atomic mass is 35.5. The second kappa shape index (κ2) is 7.07. The number of ether oxygens (including phenoxy) is 2. The molecule has 5 nitrogen and oxygen atoms in total. The van der Waals surface area contributed by atoms with Gasteiger partial charge in [-0.15, -0.1) is 0 Å². The van der Waals surface area contributed by atoms with Crippen molar-refractivity contribution in [3.8, 4) is 11.5 Å². The lowest BCUT2D eigenvalue weighted by Gasteiger charge is -2.12. The second-order valence-electron chi connectivity index (χ2n) is 5.21. The first-order valence-electron chi connectivity index (χ1n) is 7.34. The summed E-state index contributed by atoms with van der Waals surface area (Å²) in [6.07, 6.45) is 3.70. The number of aliphatic hydroxyl groups excluding tert-OH is 1. The molecule has 2 heterocycles. The van der Waals surface area contributed by atoms with Crippen LogP contribution in [0, 0.1) is 5.82 Å². The minimum atomic E-state index is -0.409. The molecule has 3 rings (SSSR count). The fourth-order valence-corrected chi connectivity index (χ4v) is 2.68. The monoisotopic (exact) mass is 350 g/mol. The van der Waals surface area contributed by atoms with E-state index in [1.807, 2.05) is 0 Å². The smallest absolute Gasteiger partial charge is 0.164 e. The van der Waals surface area contributed by atoms with Gasteiger partial charge in [0.2, 0.25) is 0 Å². The number of hydrogen-bond donors (Lipinski definition) is 2. The van der Waals surface area contributed by atoms with Crippen molar-refractivity contribution in [3.63, 3.8) is 0 Å². The van der Waals surface area contributed by atoms with Gasteiger partial charge in [-0.1, -0.05) is 11.6 Å². The number of hydrogen-bond acceptors (Lipinski definition) is 4. The molecule has 7 heteroatoms. The summed E-state index contributed by atoms with van der Waals surface area (Å²) >= 11 is 5.99. The lowest BCUT2D eigenvalue weighted by molar-refractivity contribution is 0.196. The zero-order valence-electron chi connectivity index (χ0n) is 13.0. The number of nitrogens with one attached hydrogen (secondary N) is 1. The quantitative estimate of drug-likeness (QED) is 0.715. The number of benzene rings is 1. The highest BCUT2D eigenvalue weighted by Gasteiger charge is 2.14. The third-order valence-electron chi connectivity index (χ3n) is 3.65. The minimum absolute atomic E-state index is 0.0712. The van der Waals surface area contributed by atoms with Gasteiger partial charge in [0.15, 0.2) is 11.5 Å². The Balaban J connectivity index is 1.95. The summed E-state index contributed by atoms with van der Waals surface area (Å²) in [7, 11) is 1.48. The van der Waals surface area contributed by atoms with Crippen molar-refractivity contribution >= 4 is 22.6 Å². The molecule has 24 heavy (non-hydrogen) atoms. The Bertz CT molecular complexity index is 866. The maximum Gasteiger partial charge on any atom is 0.164 e. The fraction of sp³-hybridized carbons (Fsp3) is 0.235. The van der Waals surface area contributed by atoms with Crippen LogP contribution in [0.1, 0.15) is 11.1 Å². The Kier molecular flexibility index (Phi) is 4.87. The van der Waals surface area contributed by atoms with Crippen LogP contribution in [0.25, 0.3) is 11.0 Å². The number of methoxy groups -OCH3 is 1. The van der Waals surface area contributed by atoms with Crippen LogP contribution in [0.2, 0.25) is 5.02 Å². The Morgan fingerprint density at radius 2 is 2.08 bits per heavy atom. The van der Waals surface area contributed by atoms with E-state index in [1.54, 1.807) is 24.5 Å². The summed E-state index contributed by atoms with van der Waals surface area (Å²) in [5.41, 5.74) is 2.04. The van der Waals surface area contributed by atoms with Crippen molar-refractivity contribution in [2.45, 2.75) is 6.42 Å². The van der Waals surface area contributed by atoms with E-state index in [2.05, 4.69) is 9.97 Å². The molecule has 0 atom stereocenters. The molecule has 0 bridgehead atoms. The average molecular weight is 351 g/mol. The number of aromatic nitrogens is 2. The van der Waals surface area contributed by atoms with Crippen LogP contribution in [0.4, 0.5) is 4.39 Å². The maximum atomic E-state index is 14.4. The van der Waals surface area contributed by atoms with E-state index in [9.17, 15) is 4.39 Å². The van der Waals surface area contributed by atoms with Crippen LogP contribution in [0.5, 0.6) is 11.5 Å². The predicted molar refractivity (Wildman–Crippen MR) is 89.4 cm³/mol. The van der Waals surface area contributed by atoms with E-state index >= 15 is 0 Å². The molecule has 0 aliphatic carbocycles. The first kappa shape index (κ1) is 16.5. The van der Waals surface area contributed by atoms with E-state index < -0.39 is 5.82 Å². The molecule has 0 unspecified atom stereocenters. The van der Waals surface area contributed by atoms with Crippen LogP contribution >= 0.6 is 11.6 Å². The van der Waals surface area contributed by atoms with Gasteiger partial charge in [-0.3, -0.25) is 0 Å². The molecule has 3 aromatic rings. The first-order valence-corrected chi connectivity index (χ1v) is 7.71. The molecule has 0 saturated carbocycles. The molecular formula is C17H16ClFN2O3. The number of halogens is 2. The van der Waals surface area contributed by atoms with Gasteiger partial charge < -0.3 is 19.6 Å². The van der Waals surface area contributed by atoms with Crippen LogP contribution < -0.4 is 9.47 Å². The van der Waals surface area contributed by atoms with Gasteiger partial charge in [0.05, 0.1) is 18.7 Å². The topological polar surface area (TPSA) is 67.4 Å². The molecule has 126 valence electrons. The van der Waals surface area contributed by atoms with Gasteiger partial charge in [0.1, 0.15) is 18.1 Å². The highest BCUT2D eigenvalue weighted by Crippen LogP contribution is 2.32. The van der Waals surface area contributed by atoms with Gasteiger partial charge in [-0.25, -0.2) is 9.37 Å². The van der Waals surface area contributed by atoms with Gasteiger partial charge in [-0.05, 0) is 23.3 Å². The zero-order valence-corrected chi connectivity index (χ0v) is 13.7. The number of aliphatic hydroxyl groups is 1. The van der Waals surface area contributed by atoms with Gasteiger partial charge in [-0.2, -0.15) is 0 Å². The van der Waals surface area contributed by atoms with Crippen LogP contribution in [0.3, 0.4) is 0 Å². The number of aromatic amines is 1. The van der Waals surface area contributed by atoms with Gasteiger partial charge in [0, 0.05) is 30.3 Å². The predicted octanol–water partition coefficient (Wildman–Crippen LogP) is 3.33. The van der Waals surface area contributed by atoms with Crippen LogP contribution in [-0.4, -0.2) is 35.4 Å². The molecule has 0 fully saturated rings. The largest absolute Gasteiger partial charge is 0.493 e. The van der Waals surface area contributed by atoms with Gasteiger partial charge >= 0.3 is 0 Å². The number of H-pyrrole nitrogens is 1. The number of fused-ring (bicyclic) bond motifs is 1. The zero-order chi connectivity index (χ0) is 17.1. The summed E-state index contributed by atoms with van der Waals surface area (Å²) in [6.45, 7) is -0.0859. The van der Waals surface area contributed by atoms with E-state index in [0.29, 0.717) is 28.4 Å². The molecule has 0 radical (unpaired) electrons. The normalized spacial score (nSPS) is 11.0. The lowest BCUT2D eigenvalue weighted by Crippen LogP contribution is -2.04. The van der Waals surface area contributed by atoms with Gasteiger partial charge in [0.25, 0.3) is 0 Å². The third-order valence-corrected chi connectivity index (χ3v) is 3.85. The van der Waals surface area contributed by atoms with Crippen molar-refractivity contribution in [1.29, 1.82) is 0 Å². The van der Waals surface area contributed by atoms with Crippen molar-refractivity contribution in [2.24, 2.45) is 0 Å². The molecule has 0 spiro atoms. The summed E-state index contributed by atoms with van der Waals surface area (Å²) in [6, 6.07) is 4.66. The molecule has 0 aliphatic heterocycles. The average Bonchev–Trinajstić information content (AvgIpc) is 2.97. The summed E-state index contributed by atoms with van der Waals surface area (Å²) in [5.74, 6) is 0.264. The van der Waals surface area contributed by atoms with E-state index in [4.69, 9.17) is 26.2 Å². The standard InChI is InChI=1S/C17H16ClFN2O3/c1-23-15-5-10(14(19)7-16(15)24-3-2-22)4-11-8-20-17-13(11)6-12(18)9-21-17/h5-9,22H,2-4H2,1H3,(H,20,21). The SMILES string of the molecule is COc1cc(Cc2c[nH]c3ncc(Cl)cc23)c(F)cc1OCCO. The molecule has 0 amide bonds. The minimum Gasteiger partial charge on any atom is -0.493 e. The Morgan fingerprint density at radius 1 is 1.25 bits per heavy atom. The van der Waals surface area contributed by atoms with E-state index in [-0.39, 0.29) is 19.0 Å². The first-order chi connectivity index (χ1) is 11.6. The Morgan fingerprint density at radius 3 is 2.83 bits per heavy atom. The van der Waals surface area contributed by atoms with Crippen LogP contribution in [0.15, 0.2) is 30.6 Å². The second-order valence-corrected chi connectivity index (χ2v) is 5.64. The number of pyridine rings is 1. The molecule has 0 aliphatic rings. The summed E-state index contributed by atoms with van der Waals surface area (Å²) in [5, 5.41) is 10.2. The highest BCUT2D eigenvalue weighted by molar-refractivity contribution is 6.31. The number of rotatable bonds is 6. The van der Waals surface area contributed by atoms with E-state index in [0.717, 1.165) is 10.9 Å². The Labute approximate surface area is 143 Å². The maximum absolute atomic E-state index is 14.4. The van der Waals surface area contributed by atoms with Crippen LogP contribution in [-0.2, 0) is 6.42 Å². The molecule has 1 aromatic carbocycles. The molecule has 2 aromatic heterocycles. The fourth-order valence-electron chi connectivity index (χ4n) is 2.52.